The van der Waals surface area contributed by atoms with Crippen LogP contribution in [0.2, 0.25) is 5.02 Å². The molecule has 1 aliphatic heterocycles. The number of rotatable bonds is 6. The maximum Gasteiger partial charge on any atom is 0.238 e. The molecule has 2 atom stereocenters. The van der Waals surface area contributed by atoms with Crippen LogP contribution in [0.5, 0.6) is 11.5 Å². The molecule has 1 amide bonds. The molecular weight excluding hydrogens is 474 g/mol. The van der Waals surface area contributed by atoms with E-state index in [0.717, 1.165) is 5.69 Å². The first-order chi connectivity index (χ1) is 16.6. The molecule has 0 fully saturated rings. The molecule has 34 heavy (non-hydrogen) atoms. The number of carbonyl (C=O) groups is 1. The Labute approximate surface area is 205 Å². The molecule has 0 unspecified atom stereocenters. The average molecular weight is 494 g/mol. The number of anilines is 1. The number of para-hydroxylation sites is 3. The summed E-state index contributed by atoms with van der Waals surface area (Å²) in [6, 6.07) is 20.6. The van der Waals surface area contributed by atoms with Crippen LogP contribution in [0.1, 0.15) is 18.9 Å². The van der Waals surface area contributed by atoms with Gasteiger partial charge in [-0.3, -0.25) is 9.36 Å². The average Bonchev–Trinajstić information content (AvgIpc) is 3.29. The zero-order chi connectivity index (χ0) is 23.5. The molecular formula is C24H20ClN5O3S. The Morgan fingerprint density at radius 3 is 2.62 bits per heavy atom. The van der Waals surface area contributed by atoms with Crippen LogP contribution >= 0.6 is 23.4 Å². The number of hydrogen-bond acceptors (Lipinski definition) is 7. The second-order valence-electron chi connectivity index (χ2n) is 7.49. The maximum atomic E-state index is 12.8. The Hall–Kier alpha value is -3.56. The highest BCUT2D eigenvalue weighted by atomic mass is 35.5. The highest BCUT2D eigenvalue weighted by Crippen LogP contribution is 2.37. The number of fused-ring (bicyclic) bond motifs is 1. The molecule has 0 radical (unpaired) electrons. The van der Waals surface area contributed by atoms with Gasteiger partial charge in [0.25, 0.3) is 0 Å². The fourth-order valence-corrected chi connectivity index (χ4v) is 4.41. The molecule has 0 spiro atoms. The van der Waals surface area contributed by atoms with Crippen LogP contribution in [0.3, 0.4) is 0 Å². The monoisotopic (exact) mass is 493 g/mol. The Morgan fingerprint density at radius 1 is 1.09 bits per heavy atom. The van der Waals surface area contributed by atoms with Crippen molar-refractivity contribution in [1.29, 1.82) is 0 Å². The first-order valence-corrected chi connectivity index (χ1v) is 11.8. The van der Waals surface area contributed by atoms with E-state index in [1.807, 2.05) is 59.2 Å². The molecule has 1 N–H and O–H groups in total. The lowest BCUT2D eigenvalue weighted by atomic mass is 10.2. The number of nitrogens with zero attached hydrogens (tertiary/aromatic N) is 4. The highest BCUT2D eigenvalue weighted by molar-refractivity contribution is 8.00. The second-order valence-corrected chi connectivity index (χ2v) is 9.23. The number of thioether (sulfide) groups is 1. The van der Waals surface area contributed by atoms with Crippen molar-refractivity contribution in [2.24, 2.45) is 0 Å². The van der Waals surface area contributed by atoms with E-state index in [1.165, 1.54) is 18.0 Å². The standard InChI is InChI=1S/C24H20ClN5O3S/c1-15(23(31)27-21-12-11-16(25)13-26-21)34-24-29-28-22(30(24)17-7-3-2-4-8-17)20-14-32-18-9-5-6-10-19(18)33-20/h2-13,15,20H,14H2,1H3,(H,26,27,31)/t15-,20-/m0/s1. The van der Waals surface area contributed by atoms with E-state index >= 15 is 0 Å². The van der Waals surface area contributed by atoms with E-state index in [0.29, 0.717) is 39.9 Å². The molecule has 1 aliphatic rings. The van der Waals surface area contributed by atoms with Crippen LogP contribution in [-0.4, -0.2) is 37.5 Å². The second kappa shape index (κ2) is 9.74. The van der Waals surface area contributed by atoms with Crippen molar-refractivity contribution in [2.45, 2.75) is 23.4 Å². The summed E-state index contributed by atoms with van der Waals surface area (Å²) in [6.45, 7) is 2.10. The minimum absolute atomic E-state index is 0.213. The van der Waals surface area contributed by atoms with Gasteiger partial charge in [0.1, 0.15) is 12.4 Å². The van der Waals surface area contributed by atoms with E-state index in [2.05, 4.69) is 20.5 Å². The summed E-state index contributed by atoms with van der Waals surface area (Å²) >= 11 is 7.16. The van der Waals surface area contributed by atoms with Gasteiger partial charge in [-0.05, 0) is 43.3 Å². The van der Waals surface area contributed by atoms with Crippen molar-refractivity contribution in [3.8, 4) is 17.2 Å². The van der Waals surface area contributed by atoms with Crippen LogP contribution in [0.4, 0.5) is 5.82 Å². The molecule has 2 aromatic carbocycles. The summed E-state index contributed by atoms with van der Waals surface area (Å²) in [5.74, 6) is 2.16. The van der Waals surface area contributed by atoms with Crippen molar-refractivity contribution in [2.75, 3.05) is 11.9 Å². The third-order valence-corrected chi connectivity index (χ3v) is 6.37. The van der Waals surface area contributed by atoms with Gasteiger partial charge >= 0.3 is 0 Å². The Morgan fingerprint density at radius 2 is 1.85 bits per heavy atom. The third-order valence-electron chi connectivity index (χ3n) is 5.10. The molecule has 0 bridgehead atoms. The van der Waals surface area contributed by atoms with Crippen molar-refractivity contribution < 1.29 is 14.3 Å². The SMILES string of the molecule is C[C@H](Sc1nnc([C@@H]2COc3ccccc3O2)n1-c1ccccc1)C(=O)Nc1ccc(Cl)cn1. The number of carbonyl (C=O) groups excluding carboxylic acids is 1. The van der Waals surface area contributed by atoms with Crippen LogP contribution in [-0.2, 0) is 4.79 Å². The summed E-state index contributed by atoms with van der Waals surface area (Å²) in [5.41, 5.74) is 0.861. The summed E-state index contributed by atoms with van der Waals surface area (Å²) in [5, 5.41) is 12.2. The molecule has 5 rings (SSSR count). The van der Waals surface area contributed by atoms with Crippen molar-refractivity contribution in [1.82, 2.24) is 19.7 Å². The van der Waals surface area contributed by atoms with E-state index < -0.39 is 11.4 Å². The molecule has 3 heterocycles. The fourth-order valence-electron chi connectivity index (χ4n) is 3.42. The number of ether oxygens (including phenoxy) is 2. The van der Waals surface area contributed by atoms with Gasteiger partial charge in [-0.15, -0.1) is 10.2 Å². The summed E-state index contributed by atoms with van der Waals surface area (Å²) in [4.78, 5) is 16.9. The number of amides is 1. The van der Waals surface area contributed by atoms with Crippen LogP contribution in [0.15, 0.2) is 78.1 Å². The normalized spacial score (nSPS) is 15.5. The summed E-state index contributed by atoms with van der Waals surface area (Å²) < 4.78 is 14.0. The van der Waals surface area contributed by atoms with E-state index in [-0.39, 0.29) is 5.91 Å². The largest absolute Gasteiger partial charge is 0.485 e. The highest BCUT2D eigenvalue weighted by Gasteiger charge is 2.30. The number of aromatic nitrogens is 4. The minimum Gasteiger partial charge on any atom is -0.485 e. The van der Waals surface area contributed by atoms with Crippen molar-refractivity contribution in [3.63, 3.8) is 0 Å². The topological polar surface area (TPSA) is 91.2 Å². The first-order valence-electron chi connectivity index (χ1n) is 10.6. The smallest absolute Gasteiger partial charge is 0.238 e. The first kappa shape index (κ1) is 22.2. The molecule has 172 valence electrons. The third kappa shape index (κ3) is 4.71. The molecule has 0 aliphatic carbocycles. The van der Waals surface area contributed by atoms with Gasteiger partial charge in [0.05, 0.1) is 10.3 Å². The number of nitrogens with one attached hydrogen (secondary N) is 1. The Balaban J connectivity index is 1.41. The Bertz CT molecular complexity index is 1300. The predicted octanol–water partition coefficient (Wildman–Crippen LogP) is 4.95. The van der Waals surface area contributed by atoms with Crippen LogP contribution in [0, 0.1) is 0 Å². The zero-order valence-electron chi connectivity index (χ0n) is 18.1. The minimum atomic E-state index is -0.471. The van der Waals surface area contributed by atoms with Gasteiger partial charge in [0.2, 0.25) is 5.91 Å². The predicted molar refractivity (Wildman–Crippen MR) is 130 cm³/mol. The van der Waals surface area contributed by atoms with Gasteiger partial charge in [0.15, 0.2) is 28.6 Å². The molecule has 2 aromatic heterocycles. The van der Waals surface area contributed by atoms with E-state index in [1.54, 1.807) is 19.1 Å². The lowest BCUT2D eigenvalue weighted by molar-refractivity contribution is -0.115. The van der Waals surface area contributed by atoms with Gasteiger partial charge in [0, 0.05) is 11.9 Å². The molecule has 0 saturated heterocycles. The number of halogens is 1. The zero-order valence-corrected chi connectivity index (χ0v) is 19.7. The molecule has 0 saturated carbocycles. The van der Waals surface area contributed by atoms with Gasteiger partial charge in [-0.2, -0.15) is 0 Å². The lowest BCUT2D eigenvalue weighted by Gasteiger charge is -2.26. The van der Waals surface area contributed by atoms with Crippen molar-refractivity contribution >= 4 is 35.1 Å². The van der Waals surface area contributed by atoms with Crippen LogP contribution in [0.25, 0.3) is 5.69 Å². The number of pyridine rings is 1. The maximum absolute atomic E-state index is 12.8. The van der Waals surface area contributed by atoms with Crippen molar-refractivity contribution in [3.05, 3.63) is 83.8 Å². The van der Waals surface area contributed by atoms with E-state index in [9.17, 15) is 4.79 Å². The van der Waals surface area contributed by atoms with Gasteiger partial charge in [-0.25, -0.2) is 4.98 Å². The molecule has 10 heteroatoms. The fraction of sp³-hybridized carbons (Fsp3) is 0.167. The quantitative estimate of drug-likeness (QED) is 0.380. The number of benzene rings is 2. The Kier molecular flexibility index (Phi) is 6.37. The van der Waals surface area contributed by atoms with E-state index in [4.69, 9.17) is 21.1 Å². The summed E-state index contributed by atoms with van der Waals surface area (Å²) in [6.07, 6.45) is 1.02. The molecule has 4 aromatic rings. The lowest BCUT2D eigenvalue weighted by Crippen LogP contribution is -2.25. The molecule has 8 nitrogen and oxygen atoms in total. The van der Waals surface area contributed by atoms with Gasteiger partial charge in [-0.1, -0.05) is 53.7 Å². The van der Waals surface area contributed by atoms with Crippen LogP contribution < -0.4 is 14.8 Å². The number of hydrogen-bond donors (Lipinski definition) is 1. The van der Waals surface area contributed by atoms with Gasteiger partial charge < -0.3 is 14.8 Å². The summed E-state index contributed by atoms with van der Waals surface area (Å²) in [7, 11) is 0.